The Morgan fingerprint density at radius 3 is 2.56 bits per heavy atom. The lowest BCUT2D eigenvalue weighted by atomic mass is 10.1. The minimum Gasteiger partial charge on any atom is -0.465 e. The van der Waals surface area contributed by atoms with Gasteiger partial charge in [0.15, 0.2) is 0 Å². The summed E-state index contributed by atoms with van der Waals surface area (Å²) in [6, 6.07) is 11.0. The van der Waals surface area contributed by atoms with Crippen LogP contribution in [-0.2, 0) is 4.74 Å². The normalized spacial score (nSPS) is 10.3. The van der Waals surface area contributed by atoms with Crippen LogP contribution in [0.2, 0.25) is 0 Å². The molecule has 0 atom stereocenters. The summed E-state index contributed by atoms with van der Waals surface area (Å²) in [6.07, 6.45) is 3.26. The van der Waals surface area contributed by atoms with Crippen LogP contribution < -0.4 is 5.32 Å². The van der Waals surface area contributed by atoms with E-state index in [0.717, 1.165) is 16.7 Å². The molecule has 0 fully saturated rings. The lowest BCUT2D eigenvalue weighted by Crippen LogP contribution is -2.13. The lowest BCUT2D eigenvalue weighted by molar-refractivity contribution is 0.0606. The van der Waals surface area contributed by atoms with Crippen LogP contribution in [0.1, 0.15) is 25.6 Å². The number of anilines is 1. The minimum atomic E-state index is -0.340. The Balaban J connectivity index is 1.74. The van der Waals surface area contributed by atoms with Crippen LogP contribution in [0, 0.1) is 6.92 Å². The molecular formula is C19H16N2O3S. The summed E-state index contributed by atoms with van der Waals surface area (Å²) in [5, 5.41) is 4.78. The summed E-state index contributed by atoms with van der Waals surface area (Å²) >= 11 is 1.34. The van der Waals surface area contributed by atoms with Crippen molar-refractivity contribution in [3.05, 3.63) is 70.2 Å². The topological polar surface area (TPSA) is 68.3 Å². The molecule has 0 aliphatic rings. The molecule has 1 aromatic carbocycles. The van der Waals surface area contributed by atoms with Gasteiger partial charge in [0.25, 0.3) is 5.91 Å². The average Bonchev–Trinajstić information content (AvgIpc) is 3.12. The van der Waals surface area contributed by atoms with Gasteiger partial charge in [-0.1, -0.05) is 12.1 Å². The summed E-state index contributed by atoms with van der Waals surface area (Å²) in [5.74, 6) is -0.510. The van der Waals surface area contributed by atoms with E-state index in [1.54, 1.807) is 24.5 Å². The van der Waals surface area contributed by atoms with Gasteiger partial charge < -0.3 is 10.1 Å². The fourth-order valence-electron chi connectivity index (χ4n) is 2.37. The van der Waals surface area contributed by atoms with Crippen LogP contribution in [0.15, 0.2) is 54.2 Å². The zero-order chi connectivity index (χ0) is 17.8. The van der Waals surface area contributed by atoms with E-state index in [1.807, 2.05) is 36.6 Å². The van der Waals surface area contributed by atoms with Crippen LogP contribution >= 0.6 is 11.3 Å². The van der Waals surface area contributed by atoms with Crippen molar-refractivity contribution in [1.82, 2.24) is 4.98 Å². The predicted molar refractivity (Wildman–Crippen MR) is 98.0 cm³/mol. The Morgan fingerprint density at radius 1 is 1.12 bits per heavy atom. The van der Waals surface area contributed by atoms with Crippen molar-refractivity contribution in [1.29, 1.82) is 0 Å². The second kappa shape index (κ2) is 7.27. The van der Waals surface area contributed by atoms with Crippen molar-refractivity contribution in [2.24, 2.45) is 0 Å². The van der Waals surface area contributed by atoms with Gasteiger partial charge in [0.1, 0.15) is 4.88 Å². The first kappa shape index (κ1) is 16.9. The monoisotopic (exact) mass is 352 g/mol. The first-order valence-corrected chi connectivity index (χ1v) is 8.45. The average molecular weight is 352 g/mol. The van der Waals surface area contributed by atoms with E-state index < -0.39 is 0 Å². The van der Waals surface area contributed by atoms with Gasteiger partial charge in [-0.05, 0) is 53.3 Å². The van der Waals surface area contributed by atoms with E-state index in [9.17, 15) is 9.59 Å². The van der Waals surface area contributed by atoms with Crippen molar-refractivity contribution in [2.75, 3.05) is 12.4 Å². The van der Waals surface area contributed by atoms with E-state index in [2.05, 4.69) is 10.3 Å². The van der Waals surface area contributed by atoms with Gasteiger partial charge in [0, 0.05) is 23.6 Å². The highest BCUT2D eigenvalue weighted by atomic mass is 32.1. The van der Waals surface area contributed by atoms with Crippen LogP contribution in [0.3, 0.4) is 0 Å². The number of thiophene rings is 1. The molecule has 5 nitrogen and oxygen atoms in total. The number of benzene rings is 1. The van der Waals surface area contributed by atoms with Crippen LogP contribution in [-0.4, -0.2) is 24.0 Å². The molecule has 0 spiro atoms. The number of amides is 1. The summed E-state index contributed by atoms with van der Waals surface area (Å²) in [7, 11) is 1.36. The highest BCUT2D eigenvalue weighted by molar-refractivity contribution is 7.12. The Kier molecular flexibility index (Phi) is 4.90. The SMILES string of the molecule is COC(=O)c1cc(-c2ccc(NC(=O)c3ccncc3C)cc2)cs1. The zero-order valence-corrected chi connectivity index (χ0v) is 14.6. The van der Waals surface area contributed by atoms with E-state index in [1.165, 1.54) is 18.4 Å². The maximum atomic E-state index is 12.3. The molecule has 25 heavy (non-hydrogen) atoms. The number of nitrogens with one attached hydrogen (secondary N) is 1. The molecule has 3 aromatic rings. The minimum absolute atomic E-state index is 0.170. The Labute approximate surface area is 149 Å². The van der Waals surface area contributed by atoms with E-state index in [4.69, 9.17) is 4.74 Å². The van der Waals surface area contributed by atoms with Gasteiger partial charge in [-0.15, -0.1) is 11.3 Å². The Morgan fingerprint density at radius 2 is 1.88 bits per heavy atom. The number of methoxy groups -OCH3 is 1. The van der Waals surface area contributed by atoms with Crippen molar-refractivity contribution < 1.29 is 14.3 Å². The van der Waals surface area contributed by atoms with Crippen LogP contribution in [0.5, 0.6) is 0 Å². The summed E-state index contributed by atoms with van der Waals surface area (Å²) in [6.45, 7) is 1.85. The number of aryl methyl sites for hydroxylation is 1. The van der Waals surface area contributed by atoms with Gasteiger partial charge in [0.2, 0.25) is 0 Å². The Bertz CT molecular complexity index is 916. The standard InChI is InChI=1S/C19H16N2O3S/c1-12-10-20-8-7-16(12)18(22)21-15-5-3-13(4-6-15)14-9-17(25-11-14)19(23)24-2/h3-11H,1-2H3,(H,21,22). The van der Waals surface area contributed by atoms with Gasteiger partial charge in [0.05, 0.1) is 7.11 Å². The number of hydrogen-bond acceptors (Lipinski definition) is 5. The molecule has 6 heteroatoms. The molecule has 126 valence electrons. The molecule has 0 radical (unpaired) electrons. The first-order valence-electron chi connectivity index (χ1n) is 7.57. The predicted octanol–water partition coefficient (Wildman–Crippen LogP) is 4.16. The molecule has 0 saturated carbocycles. The molecule has 0 unspecified atom stereocenters. The number of hydrogen-bond donors (Lipinski definition) is 1. The van der Waals surface area contributed by atoms with Gasteiger partial charge >= 0.3 is 5.97 Å². The number of esters is 1. The lowest BCUT2D eigenvalue weighted by Gasteiger charge is -2.08. The second-order valence-electron chi connectivity index (χ2n) is 5.41. The number of carbonyl (C=O) groups is 2. The quantitative estimate of drug-likeness (QED) is 0.716. The number of nitrogens with zero attached hydrogens (tertiary/aromatic N) is 1. The number of aromatic nitrogens is 1. The molecule has 2 heterocycles. The highest BCUT2D eigenvalue weighted by Gasteiger charge is 2.11. The first-order chi connectivity index (χ1) is 12.1. The third-order valence-electron chi connectivity index (χ3n) is 3.73. The second-order valence-corrected chi connectivity index (χ2v) is 6.32. The van der Waals surface area contributed by atoms with Crippen LogP contribution in [0.25, 0.3) is 11.1 Å². The molecule has 2 aromatic heterocycles. The Hall–Kier alpha value is -2.99. The van der Waals surface area contributed by atoms with Crippen molar-refractivity contribution in [2.45, 2.75) is 6.92 Å². The van der Waals surface area contributed by atoms with E-state index in [-0.39, 0.29) is 11.9 Å². The molecule has 0 saturated heterocycles. The number of carbonyl (C=O) groups excluding carboxylic acids is 2. The fourth-order valence-corrected chi connectivity index (χ4v) is 3.20. The highest BCUT2D eigenvalue weighted by Crippen LogP contribution is 2.27. The fraction of sp³-hybridized carbons (Fsp3) is 0.105. The van der Waals surface area contributed by atoms with Crippen molar-refractivity contribution >= 4 is 28.9 Å². The van der Waals surface area contributed by atoms with E-state index >= 15 is 0 Å². The summed E-state index contributed by atoms with van der Waals surface area (Å²) in [4.78, 5) is 28.4. The molecule has 1 amide bonds. The maximum absolute atomic E-state index is 12.3. The maximum Gasteiger partial charge on any atom is 0.348 e. The van der Waals surface area contributed by atoms with Crippen molar-refractivity contribution in [3.63, 3.8) is 0 Å². The molecule has 1 N–H and O–H groups in total. The van der Waals surface area contributed by atoms with E-state index in [0.29, 0.717) is 16.1 Å². The van der Waals surface area contributed by atoms with Gasteiger partial charge in [-0.3, -0.25) is 9.78 Å². The molecular weight excluding hydrogens is 336 g/mol. The molecule has 3 rings (SSSR count). The number of rotatable bonds is 4. The summed E-state index contributed by atoms with van der Waals surface area (Å²) in [5.41, 5.74) is 4.02. The molecule has 0 aliphatic heterocycles. The molecule has 0 aliphatic carbocycles. The largest absolute Gasteiger partial charge is 0.465 e. The summed E-state index contributed by atoms with van der Waals surface area (Å²) < 4.78 is 4.72. The molecule has 0 bridgehead atoms. The smallest absolute Gasteiger partial charge is 0.348 e. The number of ether oxygens (including phenoxy) is 1. The van der Waals surface area contributed by atoms with Crippen molar-refractivity contribution in [3.8, 4) is 11.1 Å². The van der Waals surface area contributed by atoms with Gasteiger partial charge in [-0.25, -0.2) is 4.79 Å². The zero-order valence-electron chi connectivity index (χ0n) is 13.8. The third kappa shape index (κ3) is 3.75. The number of pyridine rings is 1. The van der Waals surface area contributed by atoms with Crippen LogP contribution in [0.4, 0.5) is 5.69 Å². The van der Waals surface area contributed by atoms with Gasteiger partial charge in [-0.2, -0.15) is 0 Å². The third-order valence-corrected chi connectivity index (χ3v) is 4.64.